The van der Waals surface area contributed by atoms with Gasteiger partial charge in [-0.2, -0.15) is 0 Å². The Kier molecular flexibility index (Phi) is 3.32. The average molecular weight is 286 g/mol. The fourth-order valence-electron chi connectivity index (χ4n) is 1.87. The third-order valence-corrected chi connectivity index (χ3v) is 3.25. The zero-order valence-electron chi connectivity index (χ0n) is 9.33. The first-order chi connectivity index (χ1) is 8.41. The molecule has 0 saturated carbocycles. The zero-order valence-corrected chi connectivity index (χ0v) is 10.8. The molecule has 4 nitrogen and oxygen atoms in total. The summed E-state index contributed by atoms with van der Waals surface area (Å²) in [7, 11) is 0. The largest absolute Gasteiger partial charge is 0.503 e. The minimum atomic E-state index is -0.736. The maximum absolute atomic E-state index is 11.5. The van der Waals surface area contributed by atoms with Crippen molar-refractivity contribution < 1.29 is 14.7 Å². The van der Waals surface area contributed by atoms with Crippen LogP contribution in [0.15, 0.2) is 29.5 Å². The van der Waals surface area contributed by atoms with E-state index in [0.717, 1.165) is 0 Å². The summed E-state index contributed by atoms with van der Waals surface area (Å²) in [5, 5.41) is 12.9. The van der Waals surface area contributed by atoms with Crippen molar-refractivity contribution in [1.82, 2.24) is 5.32 Å². The van der Waals surface area contributed by atoms with E-state index in [9.17, 15) is 14.7 Å². The third-order valence-electron chi connectivity index (χ3n) is 2.69. The Morgan fingerprint density at radius 3 is 2.61 bits per heavy atom. The molecule has 0 bridgehead atoms. The fraction of sp³-hybridized carbons (Fsp3) is 0.167. The van der Waals surface area contributed by atoms with Gasteiger partial charge in [-0.3, -0.25) is 9.59 Å². The van der Waals surface area contributed by atoms with Crippen molar-refractivity contribution in [2.24, 2.45) is 0 Å². The Balaban J connectivity index is 2.52. The number of hydrogen-bond acceptors (Lipinski definition) is 3. The number of aliphatic hydroxyl groups excluding tert-OH is 1. The minimum absolute atomic E-state index is 0.0178. The van der Waals surface area contributed by atoms with Crippen LogP contribution in [0.3, 0.4) is 0 Å². The highest BCUT2D eigenvalue weighted by molar-refractivity contribution is 6.35. The molecule has 0 saturated heterocycles. The van der Waals surface area contributed by atoms with Gasteiger partial charge in [-0.1, -0.05) is 29.3 Å². The van der Waals surface area contributed by atoms with E-state index in [0.29, 0.717) is 15.6 Å². The number of amides is 1. The molecule has 0 radical (unpaired) electrons. The SMILES string of the molecule is CC(=O)C1=C(O)C(=O)N[C@H]1c1ccc(Cl)cc1Cl. The predicted molar refractivity (Wildman–Crippen MR) is 67.7 cm³/mol. The summed E-state index contributed by atoms with van der Waals surface area (Å²) in [6.45, 7) is 1.28. The first-order valence-electron chi connectivity index (χ1n) is 5.11. The molecular weight excluding hydrogens is 277 g/mol. The van der Waals surface area contributed by atoms with E-state index < -0.39 is 17.7 Å². The highest BCUT2D eigenvalue weighted by atomic mass is 35.5. The third kappa shape index (κ3) is 2.09. The van der Waals surface area contributed by atoms with E-state index in [4.69, 9.17) is 23.2 Å². The fourth-order valence-corrected chi connectivity index (χ4v) is 2.39. The van der Waals surface area contributed by atoms with Crippen LogP contribution in [0.4, 0.5) is 0 Å². The molecule has 1 atom stereocenters. The molecule has 2 rings (SSSR count). The number of rotatable bonds is 2. The summed E-state index contributed by atoms with van der Waals surface area (Å²) >= 11 is 11.8. The van der Waals surface area contributed by atoms with Crippen LogP contribution in [0.25, 0.3) is 0 Å². The van der Waals surface area contributed by atoms with Gasteiger partial charge < -0.3 is 10.4 Å². The van der Waals surface area contributed by atoms with E-state index in [1.54, 1.807) is 12.1 Å². The summed E-state index contributed by atoms with van der Waals surface area (Å²) in [6, 6.07) is 3.98. The lowest BCUT2D eigenvalue weighted by molar-refractivity contribution is -0.119. The monoisotopic (exact) mass is 285 g/mol. The molecule has 1 amide bonds. The molecule has 0 unspecified atom stereocenters. The number of benzene rings is 1. The number of ketones is 1. The standard InChI is InChI=1S/C12H9Cl2NO3/c1-5(16)9-10(15-12(18)11(9)17)7-3-2-6(13)4-8(7)14/h2-4,10,17H,1H3,(H,15,18)/t10-/m0/s1. The Hall–Kier alpha value is -1.52. The van der Waals surface area contributed by atoms with E-state index in [1.807, 2.05) is 0 Å². The van der Waals surface area contributed by atoms with Gasteiger partial charge in [-0.25, -0.2) is 0 Å². The van der Waals surface area contributed by atoms with Gasteiger partial charge in [0.05, 0.1) is 11.6 Å². The number of aliphatic hydroxyl groups is 1. The van der Waals surface area contributed by atoms with Gasteiger partial charge in [0.25, 0.3) is 5.91 Å². The minimum Gasteiger partial charge on any atom is -0.503 e. The molecule has 0 fully saturated rings. The van der Waals surface area contributed by atoms with E-state index in [-0.39, 0.29) is 11.4 Å². The number of halogens is 2. The zero-order chi connectivity index (χ0) is 13.4. The van der Waals surface area contributed by atoms with Crippen LogP contribution >= 0.6 is 23.2 Å². The maximum Gasteiger partial charge on any atom is 0.287 e. The normalized spacial score (nSPS) is 19.1. The molecule has 0 spiro atoms. The average Bonchev–Trinajstić information content (AvgIpc) is 2.55. The Bertz CT molecular complexity index is 581. The lowest BCUT2D eigenvalue weighted by Gasteiger charge is -2.15. The molecule has 1 aromatic rings. The second kappa shape index (κ2) is 4.63. The van der Waals surface area contributed by atoms with Crippen LogP contribution in [0.2, 0.25) is 10.0 Å². The number of carbonyl (C=O) groups is 2. The van der Waals surface area contributed by atoms with Crippen LogP contribution in [-0.2, 0) is 9.59 Å². The van der Waals surface area contributed by atoms with Gasteiger partial charge in [-0.15, -0.1) is 0 Å². The lowest BCUT2D eigenvalue weighted by atomic mass is 9.98. The number of hydrogen-bond donors (Lipinski definition) is 2. The Labute approximate surface area is 113 Å². The molecule has 1 aliphatic heterocycles. The summed E-state index contributed by atoms with van der Waals surface area (Å²) in [5.41, 5.74) is 0.535. The van der Waals surface area contributed by atoms with Crippen LogP contribution in [0.1, 0.15) is 18.5 Å². The number of nitrogens with one attached hydrogen (secondary N) is 1. The Morgan fingerprint density at radius 2 is 2.06 bits per heavy atom. The van der Waals surface area contributed by atoms with Crippen LogP contribution in [0.5, 0.6) is 0 Å². The smallest absolute Gasteiger partial charge is 0.287 e. The van der Waals surface area contributed by atoms with Crippen molar-refractivity contribution >= 4 is 34.9 Å². The molecule has 0 aromatic heterocycles. The molecule has 0 aliphatic carbocycles. The van der Waals surface area contributed by atoms with Gasteiger partial charge in [0.2, 0.25) is 0 Å². The second-order valence-electron chi connectivity index (χ2n) is 3.89. The maximum atomic E-state index is 11.5. The molecule has 94 valence electrons. The van der Waals surface area contributed by atoms with Gasteiger partial charge >= 0.3 is 0 Å². The van der Waals surface area contributed by atoms with Gasteiger partial charge in [0.15, 0.2) is 11.5 Å². The quantitative estimate of drug-likeness (QED) is 0.878. The molecule has 1 aliphatic rings. The first-order valence-corrected chi connectivity index (χ1v) is 5.87. The number of carbonyl (C=O) groups excluding carboxylic acids is 2. The van der Waals surface area contributed by atoms with E-state index >= 15 is 0 Å². The van der Waals surface area contributed by atoms with Crippen molar-refractivity contribution in [3.63, 3.8) is 0 Å². The summed E-state index contributed by atoms with van der Waals surface area (Å²) < 4.78 is 0. The number of Topliss-reactive ketones (excluding diaryl/α,β-unsaturated/α-hetero) is 1. The van der Waals surface area contributed by atoms with Gasteiger partial charge in [-0.05, 0) is 24.6 Å². The van der Waals surface area contributed by atoms with Gasteiger partial charge in [0.1, 0.15) is 0 Å². The van der Waals surface area contributed by atoms with Crippen molar-refractivity contribution in [2.75, 3.05) is 0 Å². The van der Waals surface area contributed by atoms with Crippen molar-refractivity contribution in [1.29, 1.82) is 0 Å². The van der Waals surface area contributed by atoms with Crippen molar-refractivity contribution in [3.05, 3.63) is 45.1 Å². The predicted octanol–water partition coefficient (Wildman–Crippen LogP) is 2.57. The van der Waals surface area contributed by atoms with Crippen LogP contribution < -0.4 is 5.32 Å². The first kappa shape index (κ1) is 12.9. The van der Waals surface area contributed by atoms with Crippen molar-refractivity contribution in [2.45, 2.75) is 13.0 Å². The lowest BCUT2D eigenvalue weighted by Crippen LogP contribution is -2.23. The molecule has 2 N–H and O–H groups in total. The Morgan fingerprint density at radius 1 is 1.39 bits per heavy atom. The van der Waals surface area contributed by atoms with Gasteiger partial charge in [0, 0.05) is 10.0 Å². The highest BCUT2D eigenvalue weighted by Gasteiger charge is 2.36. The summed E-state index contributed by atoms with van der Waals surface area (Å²) in [4.78, 5) is 22.9. The molecule has 18 heavy (non-hydrogen) atoms. The highest BCUT2D eigenvalue weighted by Crippen LogP contribution is 2.34. The van der Waals surface area contributed by atoms with Crippen LogP contribution in [0, 0.1) is 0 Å². The van der Waals surface area contributed by atoms with Crippen molar-refractivity contribution in [3.8, 4) is 0 Å². The van der Waals surface area contributed by atoms with E-state index in [1.165, 1.54) is 13.0 Å². The topological polar surface area (TPSA) is 66.4 Å². The summed E-state index contributed by atoms with van der Waals surface area (Å²) in [6.07, 6.45) is 0. The summed E-state index contributed by atoms with van der Waals surface area (Å²) in [5.74, 6) is -1.63. The molecule has 6 heteroatoms. The van der Waals surface area contributed by atoms with Crippen LogP contribution in [-0.4, -0.2) is 16.8 Å². The van der Waals surface area contributed by atoms with E-state index in [2.05, 4.69) is 5.32 Å². The second-order valence-corrected chi connectivity index (χ2v) is 4.73. The molecular formula is C12H9Cl2NO3. The molecule has 1 aromatic carbocycles. The molecule has 1 heterocycles.